The number of rotatable bonds is 5. The van der Waals surface area contributed by atoms with E-state index in [4.69, 9.17) is 11.6 Å². The molecular formula is C25H23ClN2O2S. The van der Waals surface area contributed by atoms with Crippen LogP contribution >= 0.6 is 23.4 Å². The highest BCUT2D eigenvalue weighted by Gasteiger charge is 2.28. The van der Waals surface area contributed by atoms with Crippen molar-refractivity contribution in [2.24, 2.45) is 0 Å². The molecule has 4 nitrogen and oxygen atoms in total. The average Bonchev–Trinajstić information content (AvgIpc) is 2.88. The lowest BCUT2D eigenvalue weighted by molar-refractivity contribution is 0.0936. The summed E-state index contributed by atoms with van der Waals surface area (Å²) >= 11 is 7.72. The summed E-state index contributed by atoms with van der Waals surface area (Å²) in [7, 11) is 0. The van der Waals surface area contributed by atoms with Gasteiger partial charge in [-0.05, 0) is 61.4 Å². The van der Waals surface area contributed by atoms with Crippen molar-refractivity contribution in [2.75, 3.05) is 4.90 Å². The zero-order chi connectivity index (χ0) is 22.0. The Morgan fingerprint density at radius 2 is 1.87 bits per heavy atom. The highest BCUT2D eigenvalue weighted by atomic mass is 35.5. The molecule has 0 bridgehead atoms. The lowest BCUT2D eigenvalue weighted by Gasteiger charge is -2.24. The fourth-order valence-corrected chi connectivity index (χ4v) is 4.72. The van der Waals surface area contributed by atoms with Crippen LogP contribution in [-0.4, -0.2) is 17.9 Å². The summed E-state index contributed by atoms with van der Waals surface area (Å²) in [4.78, 5) is 29.9. The zero-order valence-corrected chi connectivity index (χ0v) is 19.0. The number of fused-ring (bicyclic) bond motifs is 2. The summed E-state index contributed by atoms with van der Waals surface area (Å²) in [5.74, 6) is -0.236. The molecule has 3 aromatic rings. The minimum atomic E-state index is -0.140. The summed E-state index contributed by atoms with van der Waals surface area (Å²) in [6.45, 7) is 4.36. The first kappa shape index (κ1) is 21.5. The van der Waals surface area contributed by atoms with Crippen molar-refractivity contribution in [2.45, 2.75) is 42.6 Å². The number of anilines is 1. The first-order valence-corrected chi connectivity index (χ1v) is 11.4. The molecule has 0 saturated carbocycles. The Balaban J connectivity index is 1.79. The highest BCUT2D eigenvalue weighted by molar-refractivity contribution is 7.99. The summed E-state index contributed by atoms with van der Waals surface area (Å²) in [6, 6.07) is 20.7. The van der Waals surface area contributed by atoms with Crippen molar-refractivity contribution in [3.05, 3.63) is 88.4 Å². The van der Waals surface area contributed by atoms with Gasteiger partial charge in [-0.25, -0.2) is 0 Å². The molecule has 31 heavy (non-hydrogen) atoms. The topological polar surface area (TPSA) is 49.4 Å². The van der Waals surface area contributed by atoms with Crippen molar-refractivity contribution in [3.8, 4) is 0 Å². The molecule has 1 heterocycles. The molecule has 2 amide bonds. The van der Waals surface area contributed by atoms with Crippen molar-refractivity contribution < 1.29 is 9.59 Å². The molecule has 0 spiro atoms. The largest absolute Gasteiger partial charge is 0.350 e. The van der Waals surface area contributed by atoms with E-state index in [-0.39, 0.29) is 17.9 Å². The van der Waals surface area contributed by atoms with Crippen LogP contribution in [0.3, 0.4) is 0 Å². The van der Waals surface area contributed by atoms with E-state index in [0.717, 1.165) is 27.5 Å². The minimum Gasteiger partial charge on any atom is -0.350 e. The van der Waals surface area contributed by atoms with Gasteiger partial charge in [-0.3, -0.25) is 9.59 Å². The van der Waals surface area contributed by atoms with Gasteiger partial charge in [-0.15, -0.1) is 0 Å². The number of carbonyl (C=O) groups excluding carboxylic acids is 2. The zero-order valence-electron chi connectivity index (χ0n) is 17.4. The van der Waals surface area contributed by atoms with Gasteiger partial charge in [0.1, 0.15) is 0 Å². The molecule has 3 aromatic carbocycles. The molecule has 1 aliphatic heterocycles. The Bertz CT molecular complexity index is 1150. The first-order valence-electron chi connectivity index (χ1n) is 10.2. The molecule has 158 valence electrons. The van der Waals surface area contributed by atoms with Crippen molar-refractivity contribution in [1.82, 2.24) is 5.32 Å². The Morgan fingerprint density at radius 3 is 2.65 bits per heavy atom. The quantitative estimate of drug-likeness (QED) is 0.505. The SMILES string of the molecule is CC[C@@H](C)NC(=O)c1ccc2c(c1)N(Cc1cccc(Cl)c1)C(=O)c1ccccc1S2. The van der Waals surface area contributed by atoms with Crippen LogP contribution in [0.15, 0.2) is 76.5 Å². The van der Waals surface area contributed by atoms with Gasteiger partial charge in [0.25, 0.3) is 11.8 Å². The predicted molar refractivity (Wildman–Crippen MR) is 126 cm³/mol. The number of hydrogen-bond donors (Lipinski definition) is 1. The van der Waals surface area contributed by atoms with Gasteiger partial charge in [0.15, 0.2) is 0 Å². The van der Waals surface area contributed by atoms with E-state index < -0.39 is 0 Å². The number of halogens is 1. The van der Waals surface area contributed by atoms with Crippen LogP contribution in [0.5, 0.6) is 0 Å². The number of hydrogen-bond acceptors (Lipinski definition) is 3. The second-order valence-corrected chi connectivity index (χ2v) is 9.10. The third-order valence-electron chi connectivity index (χ3n) is 5.31. The van der Waals surface area contributed by atoms with Gasteiger partial charge in [0.05, 0.1) is 17.8 Å². The third kappa shape index (κ3) is 4.63. The van der Waals surface area contributed by atoms with Gasteiger partial charge >= 0.3 is 0 Å². The Hall–Kier alpha value is -2.76. The van der Waals surface area contributed by atoms with Gasteiger partial charge in [-0.1, -0.05) is 54.6 Å². The fourth-order valence-electron chi connectivity index (χ4n) is 3.45. The smallest absolute Gasteiger partial charge is 0.259 e. The Labute approximate surface area is 191 Å². The van der Waals surface area contributed by atoms with Gasteiger partial charge < -0.3 is 10.2 Å². The van der Waals surface area contributed by atoms with Crippen molar-refractivity contribution in [1.29, 1.82) is 0 Å². The van der Waals surface area contributed by atoms with Crippen molar-refractivity contribution in [3.63, 3.8) is 0 Å². The van der Waals surface area contributed by atoms with Crippen molar-refractivity contribution >= 4 is 40.9 Å². The van der Waals surface area contributed by atoms with Crippen LogP contribution in [-0.2, 0) is 6.54 Å². The monoisotopic (exact) mass is 450 g/mol. The first-order chi connectivity index (χ1) is 15.0. The van der Waals surface area contributed by atoms with E-state index in [1.807, 2.05) is 80.6 Å². The molecule has 0 aliphatic carbocycles. The van der Waals surface area contributed by atoms with E-state index in [1.165, 1.54) is 0 Å². The highest BCUT2D eigenvalue weighted by Crippen LogP contribution is 2.42. The van der Waals surface area contributed by atoms with Crippen LogP contribution < -0.4 is 10.2 Å². The Kier molecular flexibility index (Phi) is 6.35. The summed E-state index contributed by atoms with van der Waals surface area (Å²) in [5, 5.41) is 3.62. The average molecular weight is 451 g/mol. The Morgan fingerprint density at radius 1 is 1.06 bits per heavy atom. The van der Waals surface area contributed by atoms with Gasteiger partial charge in [0, 0.05) is 26.4 Å². The standard InChI is InChI=1S/C25H23ClN2O2S/c1-3-16(2)27-24(29)18-11-12-23-21(14-18)28(15-17-7-6-8-19(26)13-17)25(30)20-9-4-5-10-22(20)31-23/h4-14,16H,3,15H2,1-2H3,(H,27,29)/t16-/m1/s1. The maximum Gasteiger partial charge on any atom is 0.259 e. The molecule has 6 heteroatoms. The summed E-state index contributed by atoms with van der Waals surface area (Å²) < 4.78 is 0. The number of nitrogens with zero attached hydrogens (tertiary/aromatic N) is 1. The number of carbonyl (C=O) groups is 2. The van der Waals surface area contributed by atoms with E-state index in [9.17, 15) is 9.59 Å². The predicted octanol–water partition coefficient (Wildman–Crippen LogP) is 6.18. The summed E-state index contributed by atoms with van der Waals surface area (Å²) in [5.41, 5.74) is 2.83. The second-order valence-electron chi connectivity index (χ2n) is 7.58. The lowest BCUT2D eigenvalue weighted by atomic mass is 10.1. The maximum absolute atomic E-state index is 13.6. The number of amides is 2. The molecule has 0 aromatic heterocycles. The molecule has 0 fully saturated rings. The molecule has 0 saturated heterocycles. The number of nitrogens with one attached hydrogen (secondary N) is 1. The van der Waals surface area contributed by atoms with Crippen LogP contribution in [0, 0.1) is 0 Å². The van der Waals surface area contributed by atoms with Crippen LogP contribution in [0.25, 0.3) is 0 Å². The maximum atomic E-state index is 13.6. The molecule has 0 radical (unpaired) electrons. The lowest BCUT2D eigenvalue weighted by Crippen LogP contribution is -2.33. The summed E-state index contributed by atoms with van der Waals surface area (Å²) in [6.07, 6.45) is 0.848. The fraction of sp³-hybridized carbons (Fsp3) is 0.200. The minimum absolute atomic E-state index is 0.0779. The van der Waals surface area contributed by atoms with Crippen LogP contribution in [0.4, 0.5) is 5.69 Å². The normalized spacial score (nSPS) is 13.8. The van der Waals surface area contributed by atoms with Gasteiger partial charge in [0.2, 0.25) is 0 Å². The molecule has 0 unspecified atom stereocenters. The van der Waals surface area contributed by atoms with E-state index in [1.54, 1.807) is 16.7 Å². The third-order valence-corrected chi connectivity index (χ3v) is 6.69. The van der Waals surface area contributed by atoms with E-state index in [2.05, 4.69) is 5.32 Å². The molecular weight excluding hydrogens is 428 g/mol. The van der Waals surface area contributed by atoms with Crippen LogP contribution in [0.2, 0.25) is 5.02 Å². The molecule has 1 aliphatic rings. The molecule has 4 rings (SSSR count). The van der Waals surface area contributed by atoms with E-state index in [0.29, 0.717) is 22.7 Å². The van der Waals surface area contributed by atoms with Gasteiger partial charge in [-0.2, -0.15) is 0 Å². The van der Waals surface area contributed by atoms with Crippen LogP contribution in [0.1, 0.15) is 46.5 Å². The molecule has 1 N–H and O–H groups in total. The molecule has 1 atom stereocenters. The number of benzene rings is 3. The second kappa shape index (κ2) is 9.16. The van der Waals surface area contributed by atoms with E-state index >= 15 is 0 Å².